The molecule has 0 radical (unpaired) electrons. The van der Waals surface area contributed by atoms with Crippen molar-refractivity contribution in [3.8, 4) is 17.2 Å². The molecule has 0 spiro atoms. The number of nitrogens with zero attached hydrogens (tertiary/aromatic N) is 1. The summed E-state index contributed by atoms with van der Waals surface area (Å²) in [5, 5.41) is 13.6. The van der Waals surface area contributed by atoms with Gasteiger partial charge in [-0.25, -0.2) is 0 Å². The second-order valence-electron chi connectivity index (χ2n) is 6.17. The fraction of sp³-hybridized carbons (Fsp3) is 0.300. The van der Waals surface area contributed by atoms with Crippen molar-refractivity contribution in [2.24, 2.45) is 0 Å². The van der Waals surface area contributed by atoms with Crippen LogP contribution in [0.1, 0.15) is 11.1 Å². The molecule has 0 aliphatic rings. The molecule has 0 aliphatic carbocycles. The number of nitro benzene ring substituents is 1. The number of hydrogen-bond acceptors (Lipinski definition) is 8. The van der Waals surface area contributed by atoms with Gasteiger partial charge >= 0.3 is 11.7 Å². The van der Waals surface area contributed by atoms with Crippen LogP contribution in [0.2, 0.25) is 0 Å². The molecular formula is C20H22N2O8. The van der Waals surface area contributed by atoms with Crippen LogP contribution in [0.25, 0.3) is 0 Å². The summed E-state index contributed by atoms with van der Waals surface area (Å²) >= 11 is 0. The van der Waals surface area contributed by atoms with E-state index in [0.717, 1.165) is 0 Å². The second kappa shape index (κ2) is 10.1. The number of methoxy groups -OCH3 is 3. The van der Waals surface area contributed by atoms with Gasteiger partial charge < -0.3 is 24.3 Å². The molecule has 0 atom stereocenters. The first-order valence-electron chi connectivity index (χ1n) is 8.78. The molecule has 0 saturated heterocycles. The lowest BCUT2D eigenvalue weighted by atomic mass is 10.1. The third-order valence-corrected chi connectivity index (χ3v) is 4.16. The second-order valence-corrected chi connectivity index (χ2v) is 6.17. The first kappa shape index (κ1) is 22.5. The van der Waals surface area contributed by atoms with Crippen LogP contribution in [-0.4, -0.2) is 44.7 Å². The van der Waals surface area contributed by atoms with Gasteiger partial charge in [-0.1, -0.05) is 6.07 Å². The number of ether oxygens (including phenoxy) is 4. The van der Waals surface area contributed by atoms with Gasteiger partial charge in [0.1, 0.15) is 0 Å². The van der Waals surface area contributed by atoms with Gasteiger partial charge in [0.25, 0.3) is 5.91 Å². The Bertz CT molecular complexity index is 958. The lowest BCUT2D eigenvalue weighted by Crippen LogP contribution is -2.22. The van der Waals surface area contributed by atoms with Gasteiger partial charge in [0.05, 0.1) is 32.7 Å². The van der Waals surface area contributed by atoms with Crippen molar-refractivity contribution >= 4 is 23.3 Å². The molecule has 10 nitrogen and oxygen atoms in total. The monoisotopic (exact) mass is 418 g/mol. The third kappa shape index (κ3) is 5.60. The maximum atomic E-state index is 12.1. The summed E-state index contributed by atoms with van der Waals surface area (Å²) in [5.74, 6) is -0.178. The number of rotatable bonds is 9. The van der Waals surface area contributed by atoms with Crippen LogP contribution in [0.3, 0.4) is 0 Å². The number of carbonyl (C=O) groups is 2. The molecule has 0 bridgehead atoms. The van der Waals surface area contributed by atoms with Gasteiger partial charge in [-0.3, -0.25) is 19.7 Å². The molecule has 2 aromatic rings. The van der Waals surface area contributed by atoms with Crippen molar-refractivity contribution in [3.05, 3.63) is 51.6 Å². The molecule has 2 rings (SSSR count). The van der Waals surface area contributed by atoms with Gasteiger partial charge in [-0.05, 0) is 30.2 Å². The van der Waals surface area contributed by atoms with Gasteiger partial charge in [-0.15, -0.1) is 0 Å². The van der Waals surface area contributed by atoms with E-state index in [2.05, 4.69) is 5.32 Å². The van der Waals surface area contributed by atoms with Crippen molar-refractivity contribution in [1.29, 1.82) is 0 Å². The van der Waals surface area contributed by atoms with E-state index in [1.165, 1.54) is 33.5 Å². The standard InChI is InChI=1S/C20H22N2O8/c1-12-7-15(22(25)26)17(28-3)10-14(12)21-19(23)11-30-20(24)9-13-5-6-16(27-2)18(8-13)29-4/h5-8,10H,9,11H2,1-4H3,(H,21,23). The number of amides is 1. The maximum absolute atomic E-state index is 12.1. The van der Waals surface area contributed by atoms with Crippen molar-refractivity contribution in [1.82, 2.24) is 0 Å². The van der Waals surface area contributed by atoms with Crippen LogP contribution in [-0.2, 0) is 20.7 Å². The molecule has 2 aromatic carbocycles. The topological polar surface area (TPSA) is 126 Å². The zero-order valence-corrected chi connectivity index (χ0v) is 17.0. The minimum absolute atomic E-state index is 0.00588. The smallest absolute Gasteiger partial charge is 0.311 e. The van der Waals surface area contributed by atoms with Crippen LogP contribution in [0.4, 0.5) is 11.4 Å². The van der Waals surface area contributed by atoms with E-state index < -0.39 is 23.4 Å². The summed E-state index contributed by atoms with van der Waals surface area (Å²) in [6.45, 7) is 1.09. The molecular weight excluding hydrogens is 396 g/mol. The fourth-order valence-corrected chi connectivity index (χ4v) is 2.65. The Labute approximate surface area is 172 Å². The van der Waals surface area contributed by atoms with Gasteiger partial charge in [0.2, 0.25) is 0 Å². The Morgan fingerprint density at radius 1 is 1.00 bits per heavy atom. The van der Waals surface area contributed by atoms with Crippen molar-refractivity contribution in [2.45, 2.75) is 13.3 Å². The SMILES string of the molecule is COc1ccc(CC(=O)OCC(=O)Nc2cc(OC)c([N+](=O)[O-])cc2C)cc1OC. The largest absolute Gasteiger partial charge is 0.493 e. The molecule has 0 heterocycles. The Morgan fingerprint density at radius 3 is 2.27 bits per heavy atom. The average Bonchev–Trinajstić information content (AvgIpc) is 2.73. The molecule has 0 aromatic heterocycles. The van der Waals surface area contributed by atoms with Crippen LogP contribution >= 0.6 is 0 Å². The highest BCUT2D eigenvalue weighted by molar-refractivity contribution is 5.94. The van der Waals surface area contributed by atoms with Crippen LogP contribution < -0.4 is 19.5 Å². The molecule has 0 aliphatic heterocycles. The van der Waals surface area contributed by atoms with Gasteiger partial charge in [-0.2, -0.15) is 0 Å². The van der Waals surface area contributed by atoms with E-state index in [9.17, 15) is 19.7 Å². The predicted octanol–water partition coefficient (Wildman–Crippen LogP) is 2.65. The molecule has 1 N–H and O–H groups in total. The highest BCUT2D eigenvalue weighted by Gasteiger charge is 2.19. The number of esters is 1. The number of nitro groups is 1. The Morgan fingerprint density at radius 2 is 1.67 bits per heavy atom. The number of hydrogen-bond donors (Lipinski definition) is 1. The van der Waals surface area contributed by atoms with Gasteiger partial charge in [0.15, 0.2) is 23.9 Å². The van der Waals surface area contributed by atoms with E-state index in [-0.39, 0.29) is 17.9 Å². The number of carbonyl (C=O) groups excluding carboxylic acids is 2. The summed E-state index contributed by atoms with van der Waals surface area (Å²) in [7, 11) is 4.28. The van der Waals surface area contributed by atoms with Crippen LogP contribution in [0.5, 0.6) is 17.2 Å². The summed E-state index contributed by atoms with van der Waals surface area (Å²) in [6.07, 6.45) is -0.0575. The van der Waals surface area contributed by atoms with E-state index in [1.54, 1.807) is 25.1 Å². The lowest BCUT2D eigenvalue weighted by Gasteiger charge is -2.11. The van der Waals surface area contributed by atoms with E-state index in [4.69, 9.17) is 18.9 Å². The molecule has 0 saturated carbocycles. The molecule has 160 valence electrons. The van der Waals surface area contributed by atoms with E-state index in [1.807, 2.05) is 0 Å². The van der Waals surface area contributed by atoms with Gasteiger partial charge in [0, 0.05) is 17.8 Å². The van der Waals surface area contributed by atoms with E-state index in [0.29, 0.717) is 28.3 Å². The molecule has 0 fully saturated rings. The Hall–Kier alpha value is -3.82. The molecule has 0 unspecified atom stereocenters. The van der Waals surface area contributed by atoms with E-state index >= 15 is 0 Å². The number of nitrogens with one attached hydrogen (secondary N) is 1. The van der Waals surface area contributed by atoms with Crippen molar-refractivity contribution in [3.63, 3.8) is 0 Å². The first-order chi connectivity index (χ1) is 14.3. The van der Waals surface area contributed by atoms with Crippen molar-refractivity contribution < 1.29 is 33.5 Å². The summed E-state index contributed by atoms with van der Waals surface area (Å²) < 4.78 is 20.3. The fourth-order valence-electron chi connectivity index (χ4n) is 2.65. The summed E-state index contributed by atoms with van der Waals surface area (Å²) in [6, 6.07) is 7.63. The highest BCUT2D eigenvalue weighted by atomic mass is 16.6. The zero-order valence-electron chi connectivity index (χ0n) is 17.0. The number of benzene rings is 2. The minimum atomic E-state index is -0.602. The predicted molar refractivity (Wildman–Crippen MR) is 107 cm³/mol. The highest BCUT2D eigenvalue weighted by Crippen LogP contribution is 2.32. The Balaban J connectivity index is 1.96. The lowest BCUT2D eigenvalue weighted by molar-refractivity contribution is -0.385. The summed E-state index contributed by atoms with van der Waals surface area (Å²) in [4.78, 5) is 34.6. The maximum Gasteiger partial charge on any atom is 0.311 e. The first-order valence-corrected chi connectivity index (χ1v) is 8.78. The quantitative estimate of drug-likeness (QED) is 0.374. The molecule has 10 heteroatoms. The number of anilines is 1. The average molecular weight is 418 g/mol. The third-order valence-electron chi connectivity index (χ3n) is 4.16. The number of aryl methyl sites for hydroxylation is 1. The zero-order chi connectivity index (χ0) is 22.3. The molecule has 1 amide bonds. The minimum Gasteiger partial charge on any atom is -0.493 e. The molecule has 30 heavy (non-hydrogen) atoms. The van der Waals surface area contributed by atoms with Crippen LogP contribution in [0.15, 0.2) is 30.3 Å². The van der Waals surface area contributed by atoms with Crippen molar-refractivity contribution in [2.75, 3.05) is 33.3 Å². The van der Waals surface area contributed by atoms with Crippen LogP contribution in [0, 0.1) is 17.0 Å². The summed E-state index contributed by atoms with van der Waals surface area (Å²) in [5.41, 5.74) is 1.20. The Kier molecular flexibility index (Phi) is 7.56. The normalized spacial score (nSPS) is 10.1.